The Morgan fingerprint density at radius 1 is 0.923 bits per heavy atom. The number of hydrogen-bond acceptors (Lipinski definition) is 4. The van der Waals surface area contributed by atoms with E-state index < -0.39 is 0 Å². The SMILES string of the molecule is CCCCCCCC(=O)Oc1ccc(-c2cnc3ccccc3n2)cc1. The zero-order valence-electron chi connectivity index (χ0n) is 15.1. The number of unbranched alkanes of at least 4 members (excludes halogenated alkanes) is 4. The lowest BCUT2D eigenvalue weighted by molar-refractivity contribution is -0.134. The molecular weight excluding hydrogens is 324 g/mol. The van der Waals surface area contributed by atoms with Gasteiger partial charge in [-0.05, 0) is 42.8 Å². The van der Waals surface area contributed by atoms with Crippen LogP contribution in [-0.4, -0.2) is 15.9 Å². The van der Waals surface area contributed by atoms with Gasteiger partial charge in [0.1, 0.15) is 5.75 Å². The summed E-state index contributed by atoms with van der Waals surface area (Å²) in [6.45, 7) is 2.18. The average Bonchev–Trinajstić information content (AvgIpc) is 2.68. The Balaban J connectivity index is 1.58. The number of nitrogens with zero attached hydrogens (tertiary/aromatic N) is 2. The lowest BCUT2D eigenvalue weighted by atomic mass is 10.1. The lowest BCUT2D eigenvalue weighted by Gasteiger charge is -2.06. The lowest BCUT2D eigenvalue weighted by Crippen LogP contribution is -2.07. The standard InChI is InChI=1S/C22H24N2O2/c1-2-3-4-5-6-11-22(25)26-18-14-12-17(13-15-18)21-16-23-19-9-7-8-10-20(19)24-21/h7-10,12-16H,2-6,11H2,1H3. The first kappa shape index (κ1) is 18.1. The maximum atomic E-state index is 11.9. The van der Waals surface area contributed by atoms with E-state index in [0.29, 0.717) is 12.2 Å². The number of benzene rings is 2. The molecule has 0 unspecified atom stereocenters. The average molecular weight is 348 g/mol. The zero-order valence-corrected chi connectivity index (χ0v) is 15.1. The minimum Gasteiger partial charge on any atom is -0.427 e. The second-order valence-electron chi connectivity index (χ2n) is 6.41. The summed E-state index contributed by atoms with van der Waals surface area (Å²) in [7, 11) is 0. The summed E-state index contributed by atoms with van der Waals surface area (Å²) in [5.41, 5.74) is 3.49. The van der Waals surface area contributed by atoms with Gasteiger partial charge in [-0.1, -0.05) is 44.7 Å². The molecule has 0 atom stereocenters. The predicted octanol–water partition coefficient (Wildman–Crippen LogP) is 5.56. The number of fused-ring (bicyclic) bond motifs is 1. The van der Waals surface area contributed by atoms with Gasteiger partial charge in [-0.3, -0.25) is 9.78 Å². The molecule has 0 amide bonds. The van der Waals surface area contributed by atoms with Gasteiger partial charge in [0, 0.05) is 12.0 Å². The normalized spacial score (nSPS) is 10.8. The number of aromatic nitrogens is 2. The third-order valence-electron chi connectivity index (χ3n) is 4.31. The number of hydrogen-bond donors (Lipinski definition) is 0. The number of ether oxygens (including phenoxy) is 1. The van der Waals surface area contributed by atoms with Gasteiger partial charge in [0.05, 0.1) is 22.9 Å². The van der Waals surface area contributed by atoms with Crippen molar-refractivity contribution in [2.45, 2.75) is 45.4 Å². The van der Waals surface area contributed by atoms with Crippen molar-refractivity contribution in [1.82, 2.24) is 9.97 Å². The highest BCUT2D eigenvalue weighted by molar-refractivity contribution is 5.77. The van der Waals surface area contributed by atoms with Crippen molar-refractivity contribution in [3.63, 3.8) is 0 Å². The third-order valence-corrected chi connectivity index (χ3v) is 4.31. The zero-order chi connectivity index (χ0) is 18.2. The van der Waals surface area contributed by atoms with Crippen LogP contribution in [-0.2, 0) is 4.79 Å². The summed E-state index contributed by atoms with van der Waals surface area (Å²) >= 11 is 0. The Bertz CT molecular complexity index is 859. The largest absolute Gasteiger partial charge is 0.427 e. The molecular formula is C22H24N2O2. The van der Waals surface area contributed by atoms with E-state index in [-0.39, 0.29) is 5.97 Å². The molecule has 0 saturated carbocycles. The highest BCUT2D eigenvalue weighted by Crippen LogP contribution is 2.22. The van der Waals surface area contributed by atoms with Gasteiger partial charge in [0.2, 0.25) is 0 Å². The summed E-state index contributed by atoms with van der Waals surface area (Å²) in [4.78, 5) is 21.0. The minimum absolute atomic E-state index is 0.167. The van der Waals surface area contributed by atoms with E-state index in [1.165, 1.54) is 19.3 Å². The number of carbonyl (C=O) groups excluding carboxylic acids is 1. The first-order valence-electron chi connectivity index (χ1n) is 9.29. The van der Waals surface area contributed by atoms with Gasteiger partial charge in [0.25, 0.3) is 0 Å². The topological polar surface area (TPSA) is 52.1 Å². The maximum Gasteiger partial charge on any atom is 0.311 e. The molecule has 1 heterocycles. The highest BCUT2D eigenvalue weighted by Gasteiger charge is 2.07. The van der Waals surface area contributed by atoms with Crippen LogP contribution >= 0.6 is 0 Å². The fourth-order valence-corrected chi connectivity index (χ4v) is 2.85. The Hall–Kier alpha value is -2.75. The first-order chi connectivity index (χ1) is 12.8. The molecule has 0 saturated heterocycles. The van der Waals surface area contributed by atoms with Gasteiger partial charge in [-0.25, -0.2) is 4.98 Å². The first-order valence-corrected chi connectivity index (χ1v) is 9.29. The second kappa shape index (κ2) is 9.09. The van der Waals surface area contributed by atoms with Crippen molar-refractivity contribution < 1.29 is 9.53 Å². The second-order valence-corrected chi connectivity index (χ2v) is 6.41. The molecule has 0 fully saturated rings. The summed E-state index contributed by atoms with van der Waals surface area (Å²) in [5.74, 6) is 0.404. The van der Waals surface area contributed by atoms with Crippen molar-refractivity contribution in [1.29, 1.82) is 0 Å². The number of rotatable bonds is 8. The van der Waals surface area contributed by atoms with Crippen LogP contribution in [0.2, 0.25) is 0 Å². The Labute approximate surface area is 154 Å². The van der Waals surface area contributed by atoms with Crippen LogP contribution in [0.15, 0.2) is 54.7 Å². The van der Waals surface area contributed by atoms with E-state index >= 15 is 0 Å². The van der Waals surface area contributed by atoms with Gasteiger partial charge >= 0.3 is 5.97 Å². The van der Waals surface area contributed by atoms with E-state index in [1.807, 2.05) is 36.4 Å². The fraction of sp³-hybridized carbons (Fsp3) is 0.318. The van der Waals surface area contributed by atoms with Crippen molar-refractivity contribution in [2.24, 2.45) is 0 Å². The minimum atomic E-state index is -0.167. The summed E-state index contributed by atoms with van der Waals surface area (Å²) < 4.78 is 5.41. The van der Waals surface area contributed by atoms with Crippen LogP contribution in [0.4, 0.5) is 0 Å². The highest BCUT2D eigenvalue weighted by atomic mass is 16.5. The van der Waals surface area contributed by atoms with E-state index in [4.69, 9.17) is 4.74 Å². The van der Waals surface area contributed by atoms with E-state index in [2.05, 4.69) is 16.9 Å². The van der Waals surface area contributed by atoms with Crippen LogP contribution in [0.1, 0.15) is 45.4 Å². The van der Waals surface area contributed by atoms with Crippen molar-refractivity contribution in [3.8, 4) is 17.0 Å². The Morgan fingerprint density at radius 3 is 2.42 bits per heavy atom. The van der Waals surface area contributed by atoms with E-state index in [1.54, 1.807) is 18.3 Å². The van der Waals surface area contributed by atoms with Gasteiger partial charge in [-0.2, -0.15) is 0 Å². The molecule has 0 spiro atoms. The van der Waals surface area contributed by atoms with Gasteiger partial charge in [-0.15, -0.1) is 0 Å². The third kappa shape index (κ3) is 4.88. The monoisotopic (exact) mass is 348 g/mol. The van der Waals surface area contributed by atoms with Crippen LogP contribution in [0, 0.1) is 0 Å². The molecule has 0 bridgehead atoms. The molecule has 1 aromatic heterocycles. The Kier molecular flexibility index (Phi) is 6.31. The Morgan fingerprint density at radius 2 is 1.65 bits per heavy atom. The van der Waals surface area contributed by atoms with Crippen molar-refractivity contribution >= 4 is 17.0 Å². The molecule has 26 heavy (non-hydrogen) atoms. The quantitative estimate of drug-likeness (QED) is 0.304. The number of para-hydroxylation sites is 2. The molecule has 0 aliphatic carbocycles. The van der Waals surface area contributed by atoms with Gasteiger partial charge < -0.3 is 4.74 Å². The van der Waals surface area contributed by atoms with Crippen LogP contribution in [0.25, 0.3) is 22.3 Å². The summed E-state index contributed by atoms with van der Waals surface area (Å²) in [5, 5.41) is 0. The molecule has 134 valence electrons. The maximum absolute atomic E-state index is 11.9. The van der Waals surface area contributed by atoms with Gasteiger partial charge in [0.15, 0.2) is 0 Å². The number of carbonyl (C=O) groups is 1. The molecule has 0 radical (unpaired) electrons. The molecule has 0 aliphatic rings. The van der Waals surface area contributed by atoms with Crippen LogP contribution in [0.3, 0.4) is 0 Å². The molecule has 4 heteroatoms. The molecule has 4 nitrogen and oxygen atoms in total. The number of esters is 1. The smallest absolute Gasteiger partial charge is 0.311 e. The predicted molar refractivity (Wildman–Crippen MR) is 104 cm³/mol. The summed E-state index contributed by atoms with van der Waals surface area (Å²) in [6.07, 6.45) is 7.84. The molecule has 0 N–H and O–H groups in total. The molecule has 2 aromatic carbocycles. The van der Waals surface area contributed by atoms with E-state index in [0.717, 1.165) is 35.1 Å². The molecule has 3 rings (SSSR count). The van der Waals surface area contributed by atoms with Crippen LogP contribution < -0.4 is 4.74 Å². The van der Waals surface area contributed by atoms with Crippen molar-refractivity contribution in [2.75, 3.05) is 0 Å². The van der Waals surface area contributed by atoms with E-state index in [9.17, 15) is 4.79 Å². The molecule has 3 aromatic rings. The van der Waals surface area contributed by atoms with Crippen LogP contribution in [0.5, 0.6) is 5.75 Å². The summed E-state index contributed by atoms with van der Waals surface area (Å²) in [6, 6.07) is 15.2. The van der Waals surface area contributed by atoms with Crippen molar-refractivity contribution in [3.05, 3.63) is 54.7 Å². The fourth-order valence-electron chi connectivity index (χ4n) is 2.85. The molecule has 0 aliphatic heterocycles.